The number of sulfonamides is 1. The van der Waals surface area contributed by atoms with E-state index in [-0.39, 0.29) is 42.8 Å². The van der Waals surface area contributed by atoms with Crippen molar-refractivity contribution in [3.63, 3.8) is 0 Å². The number of Topliss-reactive ketones (excluding diaryl/α,β-unsaturated/α-hetero) is 2. The second kappa shape index (κ2) is 13.7. The van der Waals surface area contributed by atoms with Crippen molar-refractivity contribution in [3.05, 3.63) is 35.9 Å². The molecule has 2 aliphatic carbocycles. The molecule has 0 saturated heterocycles. The highest BCUT2D eigenvalue weighted by molar-refractivity contribution is 7.88. The fraction of sp³-hybridized carbons (Fsp3) is 0.645. The quantitative estimate of drug-likeness (QED) is 0.237. The number of hydrogen-bond acceptors (Lipinski definition) is 7. The van der Waals surface area contributed by atoms with Gasteiger partial charge in [-0.25, -0.2) is 8.42 Å². The molecule has 0 spiro atoms. The molecular weight excluding hydrogens is 574 g/mol. The number of nitrogens with one attached hydrogen (secondary N) is 2. The van der Waals surface area contributed by atoms with E-state index < -0.39 is 63.6 Å². The Hall–Kier alpha value is -3.12. The number of benzene rings is 1. The van der Waals surface area contributed by atoms with E-state index in [1.165, 1.54) is 0 Å². The van der Waals surface area contributed by atoms with Gasteiger partial charge in [-0.2, -0.15) is 4.31 Å². The molecule has 2 saturated carbocycles. The van der Waals surface area contributed by atoms with Gasteiger partial charge in [-0.05, 0) is 48.5 Å². The number of hydrogen-bond donors (Lipinski definition) is 3. The van der Waals surface area contributed by atoms with Crippen LogP contribution in [0.1, 0.15) is 71.8 Å². The first-order valence-electron chi connectivity index (χ1n) is 14.9. The van der Waals surface area contributed by atoms with E-state index in [4.69, 9.17) is 0 Å². The molecule has 3 N–H and O–H groups in total. The van der Waals surface area contributed by atoms with E-state index in [9.17, 15) is 37.5 Å². The minimum Gasteiger partial charge on any atom is -0.481 e. The third-order valence-electron chi connectivity index (χ3n) is 9.40. The molecule has 4 unspecified atom stereocenters. The van der Waals surface area contributed by atoms with Crippen LogP contribution in [0.15, 0.2) is 30.3 Å². The van der Waals surface area contributed by atoms with Crippen LogP contribution in [-0.2, 0) is 40.4 Å². The largest absolute Gasteiger partial charge is 0.481 e. The van der Waals surface area contributed by atoms with Crippen molar-refractivity contribution < 1.29 is 37.5 Å². The molecule has 2 bridgehead atoms. The molecule has 0 heterocycles. The molecule has 12 heteroatoms. The molecule has 1 aromatic carbocycles. The van der Waals surface area contributed by atoms with Crippen LogP contribution in [0, 0.1) is 23.2 Å². The molecule has 2 fully saturated rings. The first kappa shape index (κ1) is 34.4. The Balaban J connectivity index is 1.70. The lowest BCUT2D eigenvalue weighted by atomic mass is 9.75. The third-order valence-corrected chi connectivity index (χ3v) is 10.6. The van der Waals surface area contributed by atoms with Crippen molar-refractivity contribution in [2.75, 3.05) is 19.3 Å². The fourth-order valence-corrected chi connectivity index (χ4v) is 8.15. The van der Waals surface area contributed by atoms with Crippen molar-refractivity contribution >= 4 is 39.4 Å². The lowest BCUT2D eigenvalue weighted by Crippen LogP contribution is -2.62. The zero-order chi connectivity index (χ0) is 32.2. The Morgan fingerprint density at radius 3 is 2.26 bits per heavy atom. The summed E-state index contributed by atoms with van der Waals surface area (Å²) in [5.41, 5.74) is -0.971. The Labute approximate surface area is 254 Å². The average Bonchev–Trinajstić information content (AvgIpc) is 3.27. The van der Waals surface area contributed by atoms with Gasteiger partial charge in [-0.1, -0.05) is 58.0 Å². The van der Waals surface area contributed by atoms with E-state index in [0.717, 1.165) is 22.5 Å². The molecule has 2 aliphatic rings. The van der Waals surface area contributed by atoms with Gasteiger partial charge in [0, 0.05) is 25.3 Å². The maximum Gasteiger partial charge on any atom is 0.305 e. The van der Waals surface area contributed by atoms with Crippen molar-refractivity contribution in [2.45, 2.75) is 84.2 Å². The number of carbonyl (C=O) groups excluding carboxylic acids is 4. The van der Waals surface area contributed by atoms with Gasteiger partial charge >= 0.3 is 5.97 Å². The highest BCUT2D eigenvalue weighted by Gasteiger charge is 2.68. The van der Waals surface area contributed by atoms with Crippen LogP contribution in [0.3, 0.4) is 0 Å². The molecule has 0 aromatic heterocycles. The number of ketones is 2. The summed E-state index contributed by atoms with van der Waals surface area (Å²) in [6.45, 7) is 6.82. The summed E-state index contributed by atoms with van der Waals surface area (Å²) in [4.78, 5) is 64.4. The molecule has 0 aliphatic heterocycles. The monoisotopic (exact) mass is 619 g/mol. The first-order valence-corrected chi connectivity index (χ1v) is 16.7. The standard InChI is InChI=1S/C31H45N3O8S/c1-20(2)23(17-27(37)32-15-9-12-21-10-7-6-8-11-21)29(40)33-24(18-28(38)39)25(35)19-34(43(5,41)42)31-14-13-22(16-26(31)36)30(31,3)4/h6-8,10-11,20,22-24H,9,12-19H2,1-5H3,(H,32,37)(H,33,40)(H,38,39). The van der Waals surface area contributed by atoms with Crippen LogP contribution in [0.2, 0.25) is 0 Å². The zero-order valence-electron chi connectivity index (χ0n) is 25.7. The number of aliphatic carboxylic acids is 1. The number of carbonyl (C=O) groups is 5. The van der Waals surface area contributed by atoms with Crippen LogP contribution >= 0.6 is 0 Å². The van der Waals surface area contributed by atoms with Gasteiger partial charge < -0.3 is 15.7 Å². The number of amides is 2. The number of aryl methyl sites for hydroxylation is 1. The average molecular weight is 620 g/mol. The number of carboxylic acid groups (broad SMARTS) is 1. The molecule has 1 aromatic rings. The molecule has 43 heavy (non-hydrogen) atoms. The summed E-state index contributed by atoms with van der Waals surface area (Å²) in [6, 6.07) is 8.28. The minimum atomic E-state index is -4.08. The van der Waals surface area contributed by atoms with Gasteiger partial charge in [0.15, 0.2) is 11.6 Å². The maximum atomic E-state index is 13.5. The molecule has 0 radical (unpaired) electrons. The first-order chi connectivity index (χ1) is 20.0. The van der Waals surface area contributed by atoms with Crippen molar-refractivity contribution in [1.29, 1.82) is 0 Å². The molecule has 238 valence electrons. The summed E-state index contributed by atoms with van der Waals surface area (Å²) < 4.78 is 27.0. The highest BCUT2D eigenvalue weighted by atomic mass is 32.2. The van der Waals surface area contributed by atoms with E-state index in [2.05, 4.69) is 10.6 Å². The molecule has 3 rings (SSSR count). The summed E-state index contributed by atoms with van der Waals surface area (Å²) in [5, 5.41) is 14.8. The van der Waals surface area contributed by atoms with Crippen LogP contribution in [0.5, 0.6) is 0 Å². The van der Waals surface area contributed by atoms with Crippen LogP contribution < -0.4 is 10.6 Å². The molecular formula is C31H45N3O8S. The van der Waals surface area contributed by atoms with Crippen LogP contribution in [0.4, 0.5) is 0 Å². The van der Waals surface area contributed by atoms with Crippen molar-refractivity contribution in [1.82, 2.24) is 14.9 Å². The minimum absolute atomic E-state index is 0.0230. The smallest absolute Gasteiger partial charge is 0.305 e. The molecule has 4 atom stereocenters. The second-order valence-corrected chi connectivity index (χ2v) is 14.7. The van der Waals surface area contributed by atoms with Crippen molar-refractivity contribution in [2.24, 2.45) is 23.2 Å². The van der Waals surface area contributed by atoms with E-state index in [1.807, 2.05) is 44.2 Å². The Kier molecular flexibility index (Phi) is 10.9. The maximum absolute atomic E-state index is 13.5. The summed E-state index contributed by atoms with van der Waals surface area (Å²) in [6.07, 6.45) is 2.62. The summed E-state index contributed by atoms with van der Waals surface area (Å²) in [5.74, 6) is -4.64. The highest BCUT2D eigenvalue weighted by Crippen LogP contribution is 2.61. The fourth-order valence-electron chi connectivity index (χ4n) is 6.79. The zero-order valence-corrected chi connectivity index (χ0v) is 26.5. The van der Waals surface area contributed by atoms with Gasteiger partial charge in [-0.15, -0.1) is 0 Å². The van der Waals surface area contributed by atoms with Gasteiger partial charge in [0.2, 0.25) is 21.8 Å². The summed E-state index contributed by atoms with van der Waals surface area (Å²) in [7, 11) is -4.08. The Morgan fingerprint density at radius 2 is 1.74 bits per heavy atom. The van der Waals surface area contributed by atoms with E-state index >= 15 is 0 Å². The van der Waals surface area contributed by atoms with Gasteiger partial charge in [0.05, 0.1) is 30.8 Å². The number of rotatable bonds is 16. The third kappa shape index (κ3) is 7.70. The lowest BCUT2D eigenvalue weighted by Gasteiger charge is -2.44. The van der Waals surface area contributed by atoms with E-state index in [0.29, 0.717) is 19.4 Å². The second-order valence-electron chi connectivity index (χ2n) is 12.8. The lowest BCUT2D eigenvalue weighted by molar-refractivity contribution is -0.142. The van der Waals surface area contributed by atoms with Crippen LogP contribution in [0.25, 0.3) is 0 Å². The Bertz CT molecular complexity index is 1330. The normalized spacial score (nSPS) is 22.4. The molecule has 2 amide bonds. The molecule has 11 nitrogen and oxygen atoms in total. The van der Waals surface area contributed by atoms with Gasteiger partial charge in [0.1, 0.15) is 0 Å². The Morgan fingerprint density at radius 1 is 1.09 bits per heavy atom. The SMILES string of the molecule is CC(C)C(CC(=O)NCCCc1ccccc1)C(=O)NC(CC(=O)O)C(=O)CN(C12CCC(CC1=O)C2(C)C)S(C)(=O)=O. The summed E-state index contributed by atoms with van der Waals surface area (Å²) >= 11 is 0. The van der Waals surface area contributed by atoms with Crippen molar-refractivity contribution in [3.8, 4) is 0 Å². The predicted molar refractivity (Wildman–Crippen MR) is 160 cm³/mol. The number of carboxylic acids is 1. The number of fused-ring (bicyclic) bond motifs is 2. The van der Waals surface area contributed by atoms with Gasteiger partial charge in [-0.3, -0.25) is 24.0 Å². The predicted octanol–water partition coefficient (Wildman–Crippen LogP) is 2.34. The van der Waals surface area contributed by atoms with Crippen LogP contribution in [-0.4, -0.2) is 78.1 Å². The number of nitrogens with zero attached hydrogens (tertiary/aromatic N) is 1. The van der Waals surface area contributed by atoms with E-state index in [1.54, 1.807) is 13.8 Å². The van der Waals surface area contributed by atoms with Gasteiger partial charge in [0.25, 0.3) is 0 Å². The topological polar surface area (TPSA) is 167 Å².